The van der Waals surface area contributed by atoms with Gasteiger partial charge in [-0.1, -0.05) is 0 Å². The monoisotopic (exact) mass is 142 g/mol. The number of aliphatic imine (C=N–C) groups is 1. The molecule has 0 saturated heterocycles. The molecule has 1 rings (SSSR count). The standard InChI is InChI=1S/C5H6N2O3/c1-10-4(9)5(2-7-5)3(6)8/h2H,1H3,(H2,6,8). The average Bonchev–Trinajstić information content (AvgIpc) is 2.65. The Morgan fingerprint density at radius 2 is 2.20 bits per heavy atom. The van der Waals surface area contributed by atoms with Crippen LogP contribution in [-0.2, 0) is 14.3 Å². The molecule has 10 heavy (non-hydrogen) atoms. The largest absolute Gasteiger partial charge is 0.467 e. The van der Waals surface area contributed by atoms with E-state index in [0.717, 1.165) is 0 Å². The van der Waals surface area contributed by atoms with E-state index >= 15 is 0 Å². The zero-order valence-corrected chi connectivity index (χ0v) is 5.33. The Hall–Kier alpha value is -1.39. The molecule has 54 valence electrons. The van der Waals surface area contributed by atoms with Crippen molar-refractivity contribution in [3.63, 3.8) is 0 Å². The Morgan fingerprint density at radius 3 is 2.30 bits per heavy atom. The molecule has 0 spiro atoms. The lowest BCUT2D eigenvalue weighted by molar-refractivity contribution is -0.146. The van der Waals surface area contributed by atoms with E-state index in [-0.39, 0.29) is 0 Å². The maximum atomic E-state index is 10.7. The fourth-order valence-electron chi connectivity index (χ4n) is 0.553. The highest BCUT2D eigenvalue weighted by molar-refractivity contribution is 6.28. The highest BCUT2D eigenvalue weighted by Crippen LogP contribution is 2.20. The van der Waals surface area contributed by atoms with Gasteiger partial charge in [0, 0.05) is 6.21 Å². The number of nitrogens with two attached hydrogens (primary N) is 1. The number of amides is 1. The normalized spacial score (nSPS) is 27.7. The minimum absolute atomic E-state index is 0.722. The van der Waals surface area contributed by atoms with Crippen molar-refractivity contribution >= 4 is 18.1 Å². The van der Waals surface area contributed by atoms with Crippen LogP contribution in [0.4, 0.5) is 0 Å². The van der Waals surface area contributed by atoms with Gasteiger partial charge in [-0.25, -0.2) is 4.79 Å². The summed E-state index contributed by atoms with van der Waals surface area (Å²) in [5, 5.41) is 0. The predicted octanol–water partition coefficient (Wildman–Crippen LogP) is -1.53. The summed E-state index contributed by atoms with van der Waals surface area (Å²) in [7, 11) is 1.18. The van der Waals surface area contributed by atoms with Crippen LogP contribution in [0, 0.1) is 0 Å². The molecule has 1 aliphatic heterocycles. The van der Waals surface area contributed by atoms with Crippen LogP contribution in [0.3, 0.4) is 0 Å². The predicted molar refractivity (Wildman–Crippen MR) is 32.4 cm³/mol. The number of rotatable bonds is 2. The van der Waals surface area contributed by atoms with E-state index in [2.05, 4.69) is 9.73 Å². The Kier molecular flexibility index (Phi) is 1.21. The fraction of sp³-hybridized carbons (Fsp3) is 0.400. The van der Waals surface area contributed by atoms with Crippen molar-refractivity contribution in [3.8, 4) is 0 Å². The van der Waals surface area contributed by atoms with E-state index in [9.17, 15) is 9.59 Å². The van der Waals surface area contributed by atoms with Gasteiger partial charge >= 0.3 is 5.97 Å². The van der Waals surface area contributed by atoms with Gasteiger partial charge in [0.2, 0.25) is 0 Å². The van der Waals surface area contributed by atoms with Crippen LogP contribution in [-0.4, -0.2) is 30.7 Å². The quantitative estimate of drug-likeness (QED) is 0.375. The molecule has 0 aromatic carbocycles. The first-order chi connectivity index (χ1) is 4.63. The molecule has 1 aliphatic rings. The molecule has 1 unspecified atom stereocenters. The first-order valence-corrected chi connectivity index (χ1v) is 2.58. The molecule has 5 nitrogen and oxygen atoms in total. The van der Waals surface area contributed by atoms with Crippen molar-refractivity contribution < 1.29 is 14.3 Å². The van der Waals surface area contributed by atoms with Gasteiger partial charge < -0.3 is 10.5 Å². The number of primary amides is 1. The summed E-state index contributed by atoms with van der Waals surface area (Å²) in [6.07, 6.45) is 1.17. The number of ether oxygens (including phenoxy) is 1. The summed E-state index contributed by atoms with van der Waals surface area (Å²) in [6.45, 7) is 0. The molecule has 1 amide bonds. The summed E-state index contributed by atoms with van der Waals surface area (Å²) in [6, 6.07) is 0. The van der Waals surface area contributed by atoms with Gasteiger partial charge in [-0.15, -0.1) is 0 Å². The molecule has 5 heteroatoms. The molecule has 0 saturated carbocycles. The van der Waals surface area contributed by atoms with Crippen LogP contribution >= 0.6 is 0 Å². The van der Waals surface area contributed by atoms with Gasteiger partial charge in [0.15, 0.2) is 0 Å². The number of methoxy groups -OCH3 is 1. The second-order valence-electron chi connectivity index (χ2n) is 1.88. The van der Waals surface area contributed by atoms with Crippen LogP contribution in [0.5, 0.6) is 0 Å². The molecular formula is C5H6N2O3. The van der Waals surface area contributed by atoms with E-state index in [1.54, 1.807) is 0 Å². The molecule has 0 radical (unpaired) electrons. The zero-order valence-electron chi connectivity index (χ0n) is 5.33. The zero-order chi connectivity index (χ0) is 7.78. The fourth-order valence-corrected chi connectivity index (χ4v) is 0.553. The van der Waals surface area contributed by atoms with Crippen molar-refractivity contribution in [1.29, 1.82) is 0 Å². The highest BCUT2D eigenvalue weighted by Gasteiger charge is 2.52. The topological polar surface area (TPSA) is 81.8 Å². The number of carbonyl (C=O) groups excluding carboxylic acids is 2. The Bertz CT molecular complexity index is 215. The van der Waals surface area contributed by atoms with Gasteiger partial charge in [-0.05, 0) is 0 Å². The van der Waals surface area contributed by atoms with Crippen LogP contribution in [0.1, 0.15) is 0 Å². The van der Waals surface area contributed by atoms with Crippen molar-refractivity contribution in [2.45, 2.75) is 5.54 Å². The van der Waals surface area contributed by atoms with Crippen LogP contribution in [0.2, 0.25) is 0 Å². The highest BCUT2D eigenvalue weighted by atomic mass is 16.5. The molecular weight excluding hydrogens is 136 g/mol. The minimum atomic E-state index is -1.46. The van der Waals surface area contributed by atoms with E-state index in [0.29, 0.717) is 0 Å². The number of esters is 1. The maximum Gasteiger partial charge on any atom is 0.349 e. The van der Waals surface area contributed by atoms with Gasteiger partial charge in [-0.2, -0.15) is 0 Å². The third kappa shape index (κ3) is 0.671. The van der Waals surface area contributed by atoms with E-state index in [1.165, 1.54) is 13.3 Å². The van der Waals surface area contributed by atoms with Crippen molar-refractivity contribution in [2.75, 3.05) is 7.11 Å². The lowest BCUT2D eigenvalue weighted by Gasteiger charge is -2.04. The lowest BCUT2D eigenvalue weighted by Crippen LogP contribution is -2.41. The summed E-state index contributed by atoms with van der Waals surface area (Å²) >= 11 is 0. The van der Waals surface area contributed by atoms with Crippen molar-refractivity contribution in [2.24, 2.45) is 10.7 Å². The first kappa shape index (κ1) is 6.73. The molecule has 0 aromatic rings. The van der Waals surface area contributed by atoms with Crippen LogP contribution in [0.25, 0.3) is 0 Å². The van der Waals surface area contributed by atoms with Gasteiger partial charge in [0.1, 0.15) is 0 Å². The van der Waals surface area contributed by atoms with E-state index in [4.69, 9.17) is 5.73 Å². The smallest absolute Gasteiger partial charge is 0.349 e. The third-order valence-electron chi connectivity index (χ3n) is 1.26. The molecule has 0 fully saturated rings. The molecule has 0 aromatic heterocycles. The Labute approximate surface area is 56.9 Å². The van der Waals surface area contributed by atoms with Gasteiger partial charge in [-0.3, -0.25) is 9.79 Å². The third-order valence-corrected chi connectivity index (χ3v) is 1.26. The van der Waals surface area contributed by atoms with E-state index < -0.39 is 17.4 Å². The number of nitrogens with zero attached hydrogens (tertiary/aromatic N) is 1. The summed E-state index contributed by atoms with van der Waals surface area (Å²) in [5.74, 6) is -1.51. The number of hydrogen-bond acceptors (Lipinski definition) is 4. The summed E-state index contributed by atoms with van der Waals surface area (Å²) < 4.78 is 4.27. The molecule has 0 aliphatic carbocycles. The number of carbonyl (C=O) groups is 2. The lowest BCUT2D eigenvalue weighted by atomic mass is 10.1. The second kappa shape index (κ2) is 1.80. The maximum absolute atomic E-state index is 10.7. The van der Waals surface area contributed by atoms with Crippen LogP contribution < -0.4 is 5.73 Å². The molecule has 0 bridgehead atoms. The first-order valence-electron chi connectivity index (χ1n) is 2.58. The number of hydrogen-bond donors (Lipinski definition) is 1. The molecule has 1 atom stereocenters. The van der Waals surface area contributed by atoms with Gasteiger partial charge in [0.25, 0.3) is 11.4 Å². The molecule has 2 N–H and O–H groups in total. The summed E-state index contributed by atoms with van der Waals surface area (Å²) in [4.78, 5) is 24.6. The van der Waals surface area contributed by atoms with E-state index in [1.807, 2.05) is 0 Å². The average molecular weight is 142 g/mol. The summed E-state index contributed by atoms with van der Waals surface area (Å²) in [5.41, 5.74) is 3.38. The second-order valence-corrected chi connectivity index (χ2v) is 1.88. The Balaban J connectivity index is 2.71. The van der Waals surface area contributed by atoms with Crippen LogP contribution in [0.15, 0.2) is 4.99 Å². The van der Waals surface area contributed by atoms with Crippen molar-refractivity contribution in [1.82, 2.24) is 0 Å². The minimum Gasteiger partial charge on any atom is -0.467 e. The Morgan fingerprint density at radius 1 is 1.70 bits per heavy atom. The SMILES string of the molecule is COC(=O)C1(C(N)=O)C=N1. The molecule has 1 heterocycles. The van der Waals surface area contributed by atoms with Crippen molar-refractivity contribution in [3.05, 3.63) is 0 Å². The van der Waals surface area contributed by atoms with Gasteiger partial charge in [0.05, 0.1) is 7.11 Å².